The molecule has 0 saturated heterocycles. The van der Waals surface area contributed by atoms with Gasteiger partial charge in [-0.3, -0.25) is 19.2 Å². The summed E-state index contributed by atoms with van der Waals surface area (Å²) in [5.41, 5.74) is 1.05. The minimum absolute atomic E-state index is 0.210. The summed E-state index contributed by atoms with van der Waals surface area (Å²) >= 11 is 6.63. The van der Waals surface area contributed by atoms with Gasteiger partial charge in [-0.1, -0.05) is 94.7 Å². The first-order valence-corrected chi connectivity index (χ1v) is 13.8. The van der Waals surface area contributed by atoms with E-state index in [2.05, 4.69) is 31.9 Å². The van der Waals surface area contributed by atoms with Crippen molar-refractivity contribution in [1.29, 1.82) is 0 Å². The molecule has 0 aliphatic carbocycles. The summed E-state index contributed by atoms with van der Waals surface area (Å²) < 4.78 is 11.9. The Bertz CT molecular complexity index is 905. The Labute approximate surface area is 229 Å². The summed E-state index contributed by atoms with van der Waals surface area (Å²) in [5, 5.41) is 0. The number of ketones is 2. The standard InChI is InChI=1S/C28H32Br2O6/c29-23-15-11-21(12-16-23)25(31)19-35-27(33)9-7-5-3-1-2-4-6-8-10-28(34)36-20-26(32)22-13-17-24(30)18-14-22/h11-18H,1-10,19-20H2. The first-order valence-electron chi connectivity index (χ1n) is 12.2. The molecule has 0 N–H and O–H groups in total. The Morgan fingerprint density at radius 1 is 0.500 bits per heavy atom. The highest BCUT2D eigenvalue weighted by atomic mass is 79.9. The highest BCUT2D eigenvalue weighted by molar-refractivity contribution is 9.10. The van der Waals surface area contributed by atoms with Crippen LogP contribution in [0.3, 0.4) is 0 Å². The number of hydrogen-bond acceptors (Lipinski definition) is 6. The van der Waals surface area contributed by atoms with Gasteiger partial charge in [0, 0.05) is 32.9 Å². The number of esters is 2. The average molecular weight is 624 g/mol. The van der Waals surface area contributed by atoms with Crippen molar-refractivity contribution < 1.29 is 28.7 Å². The number of unbranched alkanes of at least 4 members (excludes halogenated alkanes) is 7. The molecule has 36 heavy (non-hydrogen) atoms. The predicted molar refractivity (Wildman–Crippen MR) is 145 cm³/mol. The van der Waals surface area contributed by atoms with Crippen molar-refractivity contribution in [3.63, 3.8) is 0 Å². The molecule has 6 nitrogen and oxygen atoms in total. The molecule has 0 bridgehead atoms. The Morgan fingerprint density at radius 2 is 0.806 bits per heavy atom. The zero-order valence-electron chi connectivity index (χ0n) is 20.3. The van der Waals surface area contributed by atoms with Gasteiger partial charge in [0.15, 0.2) is 24.8 Å². The molecule has 194 valence electrons. The van der Waals surface area contributed by atoms with E-state index < -0.39 is 0 Å². The number of carbonyl (C=O) groups is 4. The molecule has 0 radical (unpaired) electrons. The third-order valence-electron chi connectivity index (χ3n) is 5.57. The number of benzene rings is 2. The fourth-order valence-electron chi connectivity index (χ4n) is 3.47. The van der Waals surface area contributed by atoms with Crippen molar-refractivity contribution in [1.82, 2.24) is 0 Å². The summed E-state index contributed by atoms with van der Waals surface area (Å²) in [6, 6.07) is 13.9. The Hall–Kier alpha value is -2.32. The number of ether oxygens (including phenoxy) is 2. The van der Waals surface area contributed by atoms with Crippen molar-refractivity contribution in [2.75, 3.05) is 13.2 Å². The van der Waals surface area contributed by atoms with Crippen LogP contribution in [0.5, 0.6) is 0 Å². The molecular weight excluding hydrogens is 592 g/mol. The minimum Gasteiger partial charge on any atom is -0.457 e. The molecule has 0 fully saturated rings. The maximum Gasteiger partial charge on any atom is 0.306 e. The van der Waals surface area contributed by atoms with E-state index in [9.17, 15) is 19.2 Å². The SMILES string of the molecule is O=C(CCCCCCCCCCC(=O)OCC(=O)c1ccc(Br)cc1)OCC(=O)c1ccc(Br)cc1. The number of Topliss-reactive ketones (excluding diaryl/α,β-unsaturated/α-hetero) is 2. The van der Waals surface area contributed by atoms with Crippen LogP contribution >= 0.6 is 31.9 Å². The van der Waals surface area contributed by atoms with E-state index in [0.717, 1.165) is 60.3 Å². The normalized spacial score (nSPS) is 10.6. The highest BCUT2D eigenvalue weighted by Gasteiger charge is 2.11. The van der Waals surface area contributed by atoms with E-state index in [4.69, 9.17) is 9.47 Å². The molecule has 0 aliphatic rings. The number of rotatable bonds is 17. The van der Waals surface area contributed by atoms with Gasteiger partial charge in [0.05, 0.1) is 0 Å². The molecule has 2 aromatic rings. The van der Waals surface area contributed by atoms with Crippen LogP contribution in [0.1, 0.15) is 84.9 Å². The topological polar surface area (TPSA) is 86.7 Å². The van der Waals surface area contributed by atoms with Crippen LogP contribution < -0.4 is 0 Å². The van der Waals surface area contributed by atoms with Crippen LogP contribution in [-0.2, 0) is 19.1 Å². The van der Waals surface area contributed by atoms with Gasteiger partial charge in [0.2, 0.25) is 0 Å². The Balaban J connectivity index is 1.40. The molecular formula is C28H32Br2O6. The molecule has 8 heteroatoms. The van der Waals surface area contributed by atoms with Crippen molar-refractivity contribution in [3.05, 3.63) is 68.6 Å². The van der Waals surface area contributed by atoms with Crippen molar-refractivity contribution in [2.24, 2.45) is 0 Å². The minimum atomic E-state index is -0.342. The van der Waals surface area contributed by atoms with Crippen molar-refractivity contribution in [2.45, 2.75) is 64.2 Å². The zero-order chi connectivity index (χ0) is 26.2. The molecule has 0 amide bonds. The molecule has 2 rings (SSSR count). The van der Waals surface area contributed by atoms with E-state index in [1.165, 1.54) is 0 Å². The van der Waals surface area contributed by atoms with Gasteiger partial charge in [-0.05, 0) is 37.1 Å². The van der Waals surface area contributed by atoms with Crippen molar-refractivity contribution >= 4 is 55.4 Å². The third-order valence-corrected chi connectivity index (χ3v) is 6.63. The smallest absolute Gasteiger partial charge is 0.306 e. The van der Waals surface area contributed by atoms with E-state index >= 15 is 0 Å². The lowest BCUT2D eigenvalue weighted by Gasteiger charge is -2.06. The van der Waals surface area contributed by atoms with E-state index in [1.54, 1.807) is 48.5 Å². The monoisotopic (exact) mass is 622 g/mol. The van der Waals surface area contributed by atoms with Gasteiger partial charge >= 0.3 is 11.9 Å². The van der Waals surface area contributed by atoms with E-state index in [0.29, 0.717) is 24.0 Å². The van der Waals surface area contributed by atoms with Gasteiger partial charge < -0.3 is 9.47 Å². The summed E-state index contributed by atoms with van der Waals surface area (Å²) in [7, 11) is 0. The summed E-state index contributed by atoms with van der Waals surface area (Å²) in [5.74, 6) is -1.10. The molecule has 2 aromatic carbocycles. The lowest BCUT2D eigenvalue weighted by atomic mass is 10.1. The fourth-order valence-corrected chi connectivity index (χ4v) is 4.00. The predicted octanol–water partition coefficient (Wildman–Crippen LogP) is 7.26. The third kappa shape index (κ3) is 12.6. The highest BCUT2D eigenvalue weighted by Crippen LogP contribution is 2.14. The summed E-state index contributed by atoms with van der Waals surface area (Å²) in [4.78, 5) is 47.7. The maximum atomic E-state index is 12.0. The Kier molecular flexibility index (Phi) is 14.3. The first kappa shape index (κ1) is 29.9. The molecule has 0 saturated carbocycles. The largest absolute Gasteiger partial charge is 0.457 e. The molecule has 0 aliphatic heterocycles. The van der Waals surface area contributed by atoms with Crippen LogP contribution in [-0.4, -0.2) is 36.7 Å². The Morgan fingerprint density at radius 3 is 1.14 bits per heavy atom. The second kappa shape index (κ2) is 17.2. The first-order chi connectivity index (χ1) is 17.3. The molecule has 0 heterocycles. The average Bonchev–Trinajstić information content (AvgIpc) is 2.87. The van der Waals surface area contributed by atoms with Gasteiger partial charge in [-0.2, -0.15) is 0 Å². The number of carbonyl (C=O) groups excluding carboxylic acids is 4. The molecule has 0 spiro atoms. The van der Waals surface area contributed by atoms with Crippen LogP contribution in [0.4, 0.5) is 0 Å². The summed E-state index contributed by atoms with van der Waals surface area (Å²) in [6.07, 6.45) is 8.22. The second-order valence-electron chi connectivity index (χ2n) is 8.51. The zero-order valence-corrected chi connectivity index (χ0v) is 23.5. The molecule has 0 unspecified atom stereocenters. The number of hydrogen-bond donors (Lipinski definition) is 0. The van der Waals surface area contributed by atoms with Crippen molar-refractivity contribution in [3.8, 4) is 0 Å². The fraction of sp³-hybridized carbons (Fsp3) is 0.429. The van der Waals surface area contributed by atoms with Crippen LogP contribution in [0.15, 0.2) is 57.5 Å². The van der Waals surface area contributed by atoms with Crippen LogP contribution in [0.25, 0.3) is 0 Å². The number of halogens is 2. The van der Waals surface area contributed by atoms with Gasteiger partial charge in [-0.15, -0.1) is 0 Å². The second-order valence-corrected chi connectivity index (χ2v) is 10.3. The van der Waals surface area contributed by atoms with E-state index in [1.807, 2.05) is 0 Å². The lowest BCUT2D eigenvalue weighted by molar-refractivity contribution is -0.143. The molecule has 0 aromatic heterocycles. The quantitative estimate of drug-likeness (QED) is 0.105. The maximum absolute atomic E-state index is 12.0. The lowest BCUT2D eigenvalue weighted by Crippen LogP contribution is -2.13. The van der Waals surface area contributed by atoms with E-state index in [-0.39, 0.29) is 36.7 Å². The van der Waals surface area contributed by atoms with Gasteiger partial charge in [-0.25, -0.2) is 0 Å². The van der Waals surface area contributed by atoms with Crippen LogP contribution in [0.2, 0.25) is 0 Å². The molecule has 0 atom stereocenters. The van der Waals surface area contributed by atoms with Gasteiger partial charge in [0.1, 0.15) is 0 Å². The van der Waals surface area contributed by atoms with Crippen LogP contribution in [0, 0.1) is 0 Å². The van der Waals surface area contributed by atoms with Gasteiger partial charge in [0.25, 0.3) is 0 Å². The summed E-state index contributed by atoms with van der Waals surface area (Å²) in [6.45, 7) is -0.453.